The summed E-state index contributed by atoms with van der Waals surface area (Å²) >= 11 is 0. The number of carbonyl (C=O) groups is 1. The molecule has 0 bridgehead atoms. The zero-order valence-electron chi connectivity index (χ0n) is 20.3. The molecule has 1 saturated heterocycles. The number of alkyl halides is 3. The Labute approximate surface area is 212 Å². The number of amides is 1. The van der Waals surface area contributed by atoms with Gasteiger partial charge in [0.2, 0.25) is 5.91 Å². The van der Waals surface area contributed by atoms with Crippen molar-refractivity contribution in [3.63, 3.8) is 0 Å². The predicted octanol–water partition coefficient (Wildman–Crippen LogP) is 4.02. The van der Waals surface area contributed by atoms with Gasteiger partial charge in [0.05, 0.1) is 37.9 Å². The zero-order chi connectivity index (χ0) is 26.2. The van der Waals surface area contributed by atoms with Gasteiger partial charge in [0.25, 0.3) is 0 Å². The summed E-state index contributed by atoms with van der Waals surface area (Å²) in [4.78, 5) is 26.3. The van der Waals surface area contributed by atoms with E-state index in [-0.39, 0.29) is 18.4 Å². The second-order valence-electron chi connectivity index (χ2n) is 8.98. The lowest BCUT2D eigenvalue weighted by molar-refractivity contribution is -0.137. The Morgan fingerprint density at radius 3 is 2.57 bits per heavy atom. The molecule has 1 amide bonds. The number of hydrogen-bond donors (Lipinski definition) is 1. The van der Waals surface area contributed by atoms with Gasteiger partial charge in [-0.2, -0.15) is 13.2 Å². The molecular formula is C26H26F3N5O3. The molecule has 5 rings (SSSR count). The third-order valence-corrected chi connectivity index (χ3v) is 6.90. The number of piperazine rings is 1. The smallest absolute Gasteiger partial charge is 0.416 e. The van der Waals surface area contributed by atoms with Crippen molar-refractivity contribution in [2.24, 2.45) is 5.92 Å². The largest absolute Gasteiger partial charge is 0.493 e. The molecule has 11 heteroatoms. The minimum absolute atomic E-state index is 0.174. The maximum atomic E-state index is 13.6. The molecule has 2 aliphatic heterocycles. The van der Waals surface area contributed by atoms with Gasteiger partial charge in [0, 0.05) is 49.5 Å². The molecule has 0 aliphatic carbocycles. The van der Waals surface area contributed by atoms with Gasteiger partial charge in [-0.15, -0.1) is 0 Å². The van der Waals surface area contributed by atoms with Crippen LogP contribution in [0.15, 0.2) is 55.0 Å². The van der Waals surface area contributed by atoms with Crippen LogP contribution < -0.4 is 24.6 Å². The van der Waals surface area contributed by atoms with Crippen LogP contribution in [0.3, 0.4) is 0 Å². The van der Waals surface area contributed by atoms with Crippen molar-refractivity contribution in [2.75, 3.05) is 49.0 Å². The molecule has 3 heterocycles. The van der Waals surface area contributed by atoms with Crippen LogP contribution in [0.1, 0.15) is 11.1 Å². The molecule has 2 atom stereocenters. The number of benzene rings is 2. The maximum absolute atomic E-state index is 13.6. The average Bonchev–Trinajstić information content (AvgIpc) is 2.91. The van der Waals surface area contributed by atoms with Crippen LogP contribution >= 0.6 is 0 Å². The van der Waals surface area contributed by atoms with E-state index in [9.17, 15) is 18.0 Å². The summed E-state index contributed by atoms with van der Waals surface area (Å²) in [6.07, 6.45) is 0.578. The first-order chi connectivity index (χ1) is 17.8. The van der Waals surface area contributed by atoms with E-state index in [0.29, 0.717) is 48.2 Å². The van der Waals surface area contributed by atoms with Crippen molar-refractivity contribution < 1.29 is 27.4 Å². The topological polar surface area (TPSA) is 79.8 Å². The Kier molecular flexibility index (Phi) is 6.53. The molecule has 1 aromatic heterocycles. The highest BCUT2D eigenvalue weighted by molar-refractivity contribution is 5.94. The number of hydrogen-bond acceptors (Lipinski definition) is 7. The molecule has 0 unspecified atom stereocenters. The molecule has 8 nitrogen and oxygen atoms in total. The van der Waals surface area contributed by atoms with E-state index in [1.807, 2.05) is 4.90 Å². The van der Waals surface area contributed by atoms with E-state index < -0.39 is 17.7 Å². The minimum Gasteiger partial charge on any atom is -0.493 e. The van der Waals surface area contributed by atoms with Gasteiger partial charge in [0.15, 0.2) is 11.5 Å². The molecule has 37 heavy (non-hydrogen) atoms. The second kappa shape index (κ2) is 9.79. The SMILES string of the molecule is COc1ccc(NC(=O)[C@@H]2Cc3cc(C(F)(F)F)ccc3N3CCN(c4cnccn4)C[C@H]23)cc1OC. The lowest BCUT2D eigenvalue weighted by Crippen LogP contribution is -2.60. The molecule has 194 valence electrons. The minimum atomic E-state index is -4.46. The number of nitrogens with one attached hydrogen (secondary N) is 1. The standard InChI is InChI=1S/C26H26F3N5O3/c1-36-22-6-4-18(13-23(22)37-2)32-25(35)19-12-16-11-17(26(27,28)29)3-5-20(16)34-10-9-33(15-21(19)34)24-14-30-7-8-31-24/h3-8,11,13-14,19,21H,9-10,12,15H2,1-2H3,(H,32,35)/t19-,21-/m1/s1. The first-order valence-electron chi connectivity index (χ1n) is 11.8. The number of rotatable bonds is 5. The highest BCUT2D eigenvalue weighted by Gasteiger charge is 2.43. The number of carbonyl (C=O) groups excluding carboxylic acids is 1. The van der Waals surface area contributed by atoms with Gasteiger partial charge in [-0.1, -0.05) is 0 Å². The Balaban J connectivity index is 1.48. The van der Waals surface area contributed by atoms with Gasteiger partial charge in [-0.3, -0.25) is 9.78 Å². The molecule has 0 spiro atoms. The van der Waals surface area contributed by atoms with Gasteiger partial charge in [-0.25, -0.2) is 4.98 Å². The predicted molar refractivity (Wildman–Crippen MR) is 132 cm³/mol. The van der Waals surface area contributed by atoms with Crippen molar-refractivity contribution in [1.82, 2.24) is 9.97 Å². The molecule has 2 aliphatic rings. The van der Waals surface area contributed by atoms with Crippen molar-refractivity contribution in [1.29, 1.82) is 0 Å². The van der Waals surface area contributed by atoms with Crippen LogP contribution in [0, 0.1) is 5.92 Å². The molecule has 1 fully saturated rings. The van der Waals surface area contributed by atoms with E-state index in [1.165, 1.54) is 20.3 Å². The molecule has 1 N–H and O–H groups in total. The highest BCUT2D eigenvalue weighted by Crippen LogP contribution is 2.40. The molecular weight excluding hydrogens is 487 g/mol. The number of nitrogens with zero attached hydrogens (tertiary/aromatic N) is 4. The van der Waals surface area contributed by atoms with Gasteiger partial charge in [0.1, 0.15) is 5.82 Å². The first kappa shape index (κ1) is 24.7. The average molecular weight is 514 g/mol. The van der Waals surface area contributed by atoms with Gasteiger partial charge >= 0.3 is 6.18 Å². The number of ether oxygens (including phenoxy) is 2. The number of fused-ring (bicyclic) bond motifs is 3. The van der Waals surface area contributed by atoms with E-state index >= 15 is 0 Å². The van der Waals surface area contributed by atoms with E-state index in [2.05, 4.69) is 20.2 Å². The summed E-state index contributed by atoms with van der Waals surface area (Å²) in [6.45, 7) is 1.60. The van der Waals surface area contributed by atoms with E-state index in [4.69, 9.17) is 9.47 Å². The van der Waals surface area contributed by atoms with Crippen molar-refractivity contribution in [2.45, 2.75) is 18.6 Å². The van der Waals surface area contributed by atoms with E-state index in [0.717, 1.165) is 17.8 Å². The number of halogens is 3. The summed E-state index contributed by atoms with van der Waals surface area (Å²) in [5, 5.41) is 2.93. The van der Waals surface area contributed by atoms with Gasteiger partial charge in [-0.05, 0) is 42.3 Å². The summed E-state index contributed by atoms with van der Waals surface area (Å²) < 4.78 is 51.0. The van der Waals surface area contributed by atoms with Crippen LogP contribution in [0.25, 0.3) is 0 Å². The van der Waals surface area contributed by atoms with Crippen LogP contribution in [-0.2, 0) is 17.4 Å². The van der Waals surface area contributed by atoms with Crippen LogP contribution in [0.4, 0.5) is 30.4 Å². The summed E-state index contributed by atoms with van der Waals surface area (Å²) in [7, 11) is 3.02. The summed E-state index contributed by atoms with van der Waals surface area (Å²) in [5.41, 5.74) is 1.02. The molecule has 0 radical (unpaired) electrons. The Bertz CT molecular complexity index is 1290. The number of methoxy groups -OCH3 is 2. The molecule has 2 aromatic carbocycles. The third-order valence-electron chi connectivity index (χ3n) is 6.90. The quantitative estimate of drug-likeness (QED) is 0.552. The highest BCUT2D eigenvalue weighted by atomic mass is 19.4. The van der Waals surface area contributed by atoms with Crippen LogP contribution in [0.5, 0.6) is 11.5 Å². The maximum Gasteiger partial charge on any atom is 0.416 e. The lowest BCUT2D eigenvalue weighted by Gasteiger charge is -2.49. The fraction of sp³-hybridized carbons (Fsp3) is 0.346. The monoisotopic (exact) mass is 513 g/mol. The fourth-order valence-corrected chi connectivity index (χ4v) is 5.11. The third kappa shape index (κ3) is 4.85. The second-order valence-corrected chi connectivity index (χ2v) is 8.98. The lowest BCUT2D eigenvalue weighted by atomic mass is 9.82. The molecule has 3 aromatic rings. The van der Waals surface area contributed by atoms with Crippen molar-refractivity contribution in [3.05, 3.63) is 66.1 Å². The fourth-order valence-electron chi connectivity index (χ4n) is 5.11. The Morgan fingerprint density at radius 1 is 1.05 bits per heavy atom. The zero-order valence-corrected chi connectivity index (χ0v) is 20.3. The molecule has 0 saturated carbocycles. The Morgan fingerprint density at radius 2 is 1.86 bits per heavy atom. The number of aromatic nitrogens is 2. The summed E-state index contributed by atoms with van der Waals surface area (Å²) in [5.74, 6) is 0.774. The normalized spacial score (nSPS) is 19.1. The van der Waals surface area contributed by atoms with Crippen LogP contribution in [0.2, 0.25) is 0 Å². The van der Waals surface area contributed by atoms with Crippen molar-refractivity contribution >= 4 is 23.1 Å². The first-order valence-corrected chi connectivity index (χ1v) is 11.8. The Hall–Kier alpha value is -4.02. The number of anilines is 3. The van der Waals surface area contributed by atoms with Gasteiger partial charge < -0.3 is 24.6 Å². The van der Waals surface area contributed by atoms with Crippen molar-refractivity contribution in [3.8, 4) is 11.5 Å². The van der Waals surface area contributed by atoms with E-state index in [1.54, 1.807) is 36.8 Å². The van der Waals surface area contributed by atoms with Crippen LogP contribution in [-0.4, -0.2) is 55.8 Å². The summed E-state index contributed by atoms with van der Waals surface area (Å²) in [6, 6.07) is 8.54.